The maximum atomic E-state index is 14.4. The molecule has 1 aliphatic carbocycles. The van der Waals surface area contributed by atoms with E-state index in [2.05, 4.69) is 5.10 Å². The summed E-state index contributed by atoms with van der Waals surface area (Å²) in [4.78, 5) is 13.1. The average Bonchev–Trinajstić information content (AvgIpc) is 3.02. The van der Waals surface area contributed by atoms with Crippen LogP contribution in [0.5, 0.6) is 0 Å². The zero-order chi connectivity index (χ0) is 22.0. The predicted octanol–water partition coefficient (Wildman–Crippen LogP) is 5.30. The lowest BCUT2D eigenvalue weighted by Crippen LogP contribution is -2.32. The first-order chi connectivity index (χ1) is 14.8. The zero-order valence-corrected chi connectivity index (χ0v) is 17.7. The number of hydrogen-bond acceptors (Lipinski definition) is 2. The van der Waals surface area contributed by atoms with Gasteiger partial charge >= 0.3 is 5.69 Å². The van der Waals surface area contributed by atoms with Gasteiger partial charge in [0.05, 0.1) is 6.54 Å². The number of rotatable bonds is 6. The minimum atomic E-state index is -2.64. The molecule has 0 N–H and O–H groups in total. The highest BCUT2D eigenvalue weighted by atomic mass is 35.5. The van der Waals surface area contributed by atoms with Crippen LogP contribution in [0.1, 0.15) is 42.6 Å². The largest absolute Gasteiger partial charge is 0.346 e. The van der Waals surface area contributed by atoms with Gasteiger partial charge in [-0.1, -0.05) is 48.0 Å². The molecule has 0 aliphatic heterocycles. The summed E-state index contributed by atoms with van der Waals surface area (Å²) in [5.41, 5.74) is 0.836. The van der Waals surface area contributed by atoms with Gasteiger partial charge in [-0.05, 0) is 36.5 Å². The Bertz CT molecular complexity index is 1080. The van der Waals surface area contributed by atoms with E-state index in [0.29, 0.717) is 18.7 Å². The van der Waals surface area contributed by atoms with Crippen LogP contribution in [0.15, 0.2) is 53.3 Å². The van der Waals surface area contributed by atoms with Crippen molar-refractivity contribution in [1.82, 2.24) is 14.3 Å². The molecule has 31 heavy (non-hydrogen) atoms. The fourth-order valence-electron chi connectivity index (χ4n) is 4.06. The van der Waals surface area contributed by atoms with E-state index in [4.69, 9.17) is 11.6 Å². The summed E-state index contributed by atoms with van der Waals surface area (Å²) in [6, 6.07) is 13.8. The Kier molecular flexibility index (Phi) is 6.23. The van der Waals surface area contributed by atoms with Gasteiger partial charge in [0, 0.05) is 36.4 Å². The molecule has 0 atom stereocenters. The van der Waals surface area contributed by atoms with Crippen molar-refractivity contribution in [3.63, 3.8) is 0 Å². The Morgan fingerprint density at radius 3 is 2.45 bits per heavy atom. The van der Waals surface area contributed by atoms with Crippen LogP contribution in [-0.2, 0) is 19.5 Å². The van der Waals surface area contributed by atoms with Crippen LogP contribution >= 0.6 is 11.6 Å². The molecule has 8 heteroatoms. The normalized spacial score (nSPS) is 16.5. The minimum Gasteiger partial charge on any atom is -0.278 e. The van der Waals surface area contributed by atoms with Gasteiger partial charge in [0.1, 0.15) is 11.6 Å². The summed E-state index contributed by atoms with van der Waals surface area (Å²) in [7, 11) is 0. The Hall–Kier alpha value is -2.54. The third kappa shape index (κ3) is 5.03. The fourth-order valence-corrected chi connectivity index (χ4v) is 4.29. The standard InChI is InChI=1S/C23H23ClF3N3O/c24-19-7-4-8-20(25)18(19)13-21-28-30(15-16-5-2-1-3-6-16)22(31)29(21)14-17-9-11-23(26,27)12-10-17/h1-8,17H,9-15H2. The van der Waals surface area contributed by atoms with Crippen molar-refractivity contribution < 1.29 is 13.2 Å². The van der Waals surface area contributed by atoms with E-state index in [1.807, 2.05) is 30.3 Å². The van der Waals surface area contributed by atoms with Crippen LogP contribution in [0, 0.1) is 11.7 Å². The van der Waals surface area contributed by atoms with E-state index in [1.165, 1.54) is 21.4 Å². The molecule has 4 rings (SSSR count). The molecule has 2 aromatic carbocycles. The van der Waals surface area contributed by atoms with Gasteiger partial charge in [0.2, 0.25) is 5.92 Å². The lowest BCUT2D eigenvalue weighted by molar-refractivity contribution is -0.0474. The Morgan fingerprint density at radius 2 is 1.77 bits per heavy atom. The highest BCUT2D eigenvalue weighted by Crippen LogP contribution is 2.36. The predicted molar refractivity (Wildman–Crippen MR) is 113 cm³/mol. The number of alkyl halides is 2. The van der Waals surface area contributed by atoms with Crippen molar-refractivity contribution in [1.29, 1.82) is 0 Å². The van der Waals surface area contributed by atoms with Crippen molar-refractivity contribution in [2.75, 3.05) is 0 Å². The maximum Gasteiger partial charge on any atom is 0.346 e. The molecule has 0 saturated heterocycles. The quantitative estimate of drug-likeness (QED) is 0.512. The SMILES string of the molecule is O=c1n(Cc2ccccc2)nc(Cc2c(F)cccc2Cl)n1CC1CCC(F)(F)CC1. The van der Waals surface area contributed by atoms with E-state index in [1.54, 1.807) is 6.07 Å². The van der Waals surface area contributed by atoms with Gasteiger partial charge in [-0.15, -0.1) is 0 Å². The molecule has 3 aromatic rings. The van der Waals surface area contributed by atoms with E-state index in [0.717, 1.165) is 5.56 Å². The molecule has 1 heterocycles. The second-order valence-electron chi connectivity index (χ2n) is 8.13. The van der Waals surface area contributed by atoms with Crippen LogP contribution in [-0.4, -0.2) is 20.3 Å². The van der Waals surface area contributed by atoms with Crippen molar-refractivity contribution >= 4 is 11.6 Å². The Labute approximate surface area is 183 Å². The monoisotopic (exact) mass is 449 g/mol. The van der Waals surface area contributed by atoms with Gasteiger partial charge in [0.15, 0.2) is 0 Å². The van der Waals surface area contributed by atoms with Crippen LogP contribution in [0.3, 0.4) is 0 Å². The van der Waals surface area contributed by atoms with Gasteiger partial charge in [-0.25, -0.2) is 22.6 Å². The summed E-state index contributed by atoms with van der Waals surface area (Å²) in [6.45, 7) is 0.554. The van der Waals surface area contributed by atoms with Crippen LogP contribution in [0.25, 0.3) is 0 Å². The molecule has 0 unspecified atom stereocenters. The molecule has 0 radical (unpaired) electrons. The van der Waals surface area contributed by atoms with E-state index in [-0.39, 0.29) is 54.5 Å². The van der Waals surface area contributed by atoms with Gasteiger partial charge < -0.3 is 0 Å². The highest BCUT2D eigenvalue weighted by molar-refractivity contribution is 6.31. The van der Waals surface area contributed by atoms with Crippen molar-refractivity contribution in [2.45, 2.75) is 51.1 Å². The smallest absolute Gasteiger partial charge is 0.278 e. The Morgan fingerprint density at radius 1 is 1.06 bits per heavy atom. The van der Waals surface area contributed by atoms with E-state index < -0.39 is 11.7 Å². The maximum absolute atomic E-state index is 14.4. The molecule has 0 amide bonds. The molecule has 4 nitrogen and oxygen atoms in total. The number of benzene rings is 2. The zero-order valence-electron chi connectivity index (χ0n) is 16.9. The fraction of sp³-hybridized carbons (Fsp3) is 0.391. The summed E-state index contributed by atoms with van der Waals surface area (Å²) >= 11 is 6.19. The van der Waals surface area contributed by atoms with E-state index >= 15 is 0 Å². The molecule has 1 aliphatic rings. The average molecular weight is 450 g/mol. The molecular formula is C23H23ClF3N3O. The molecule has 1 aromatic heterocycles. The summed E-state index contributed by atoms with van der Waals surface area (Å²) in [5, 5.41) is 4.73. The van der Waals surface area contributed by atoms with E-state index in [9.17, 15) is 18.0 Å². The first-order valence-corrected chi connectivity index (χ1v) is 10.7. The summed E-state index contributed by atoms with van der Waals surface area (Å²) < 4.78 is 44.3. The lowest BCUT2D eigenvalue weighted by Gasteiger charge is -2.28. The van der Waals surface area contributed by atoms with Crippen molar-refractivity contribution in [2.24, 2.45) is 5.92 Å². The third-order valence-corrected chi connectivity index (χ3v) is 6.20. The lowest BCUT2D eigenvalue weighted by atomic mass is 9.86. The van der Waals surface area contributed by atoms with Crippen LogP contribution < -0.4 is 5.69 Å². The molecule has 1 fully saturated rings. The molecule has 1 saturated carbocycles. The van der Waals surface area contributed by atoms with Crippen molar-refractivity contribution in [3.05, 3.63) is 86.8 Å². The molecule has 0 bridgehead atoms. The number of hydrogen-bond donors (Lipinski definition) is 0. The number of nitrogens with zero attached hydrogens (tertiary/aromatic N) is 3. The van der Waals surface area contributed by atoms with Crippen LogP contribution in [0.4, 0.5) is 13.2 Å². The topological polar surface area (TPSA) is 39.8 Å². The van der Waals surface area contributed by atoms with Gasteiger partial charge in [-0.3, -0.25) is 4.57 Å². The molecule has 0 spiro atoms. The van der Waals surface area contributed by atoms with Crippen LogP contribution in [0.2, 0.25) is 5.02 Å². The third-order valence-electron chi connectivity index (χ3n) is 5.85. The van der Waals surface area contributed by atoms with Gasteiger partial charge in [0.25, 0.3) is 0 Å². The molecule has 164 valence electrons. The number of aromatic nitrogens is 3. The Balaban J connectivity index is 1.66. The number of halogens is 4. The first kappa shape index (κ1) is 21.7. The summed E-state index contributed by atoms with van der Waals surface area (Å²) in [5.74, 6) is -2.78. The second kappa shape index (κ2) is 8.91. The first-order valence-electron chi connectivity index (χ1n) is 10.3. The summed E-state index contributed by atoms with van der Waals surface area (Å²) in [6.07, 6.45) is 0.357. The van der Waals surface area contributed by atoms with Crippen molar-refractivity contribution in [3.8, 4) is 0 Å². The minimum absolute atomic E-state index is 0.0470. The second-order valence-corrected chi connectivity index (χ2v) is 8.54. The highest BCUT2D eigenvalue weighted by Gasteiger charge is 2.35. The molecular weight excluding hydrogens is 427 g/mol. The van der Waals surface area contributed by atoms with Gasteiger partial charge in [-0.2, -0.15) is 5.10 Å².